The number of carboxylic acid groups (broad SMARTS) is 1. The molecule has 0 aliphatic rings. The first-order chi connectivity index (χ1) is 16.8. The van der Waals surface area contributed by atoms with Gasteiger partial charge in [-0.2, -0.15) is 13.2 Å². The number of hydrogen-bond acceptors (Lipinski definition) is 3. The average Bonchev–Trinajstić information content (AvgIpc) is 2.80. The number of hydrogen-bond donors (Lipinski definition) is 3. The fraction of sp³-hybridized carbons (Fsp3) is 0.222. The Hall–Kier alpha value is -4.14. The first-order valence-electron chi connectivity index (χ1n) is 11.0. The third-order valence-electron chi connectivity index (χ3n) is 5.89. The van der Waals surface area contributed by atoms with Gasteiger partial charge in [-0.15, -0.1) is 0 Å². The Kier molecular flexibility index (Phi) is 7.52. The second-order valence-corrected chi connectivity index (χ2v) is 8.50. The smallest absolute Gasteiger partial charge is 0.399 e. The van der Waals surface area contributed by atoms with Crippen molar-refractivity contribution in [3.8, 4) is 0 Å². The zero-order valence-electron chi connectivity index (χ0n) is 20.1. The van der Waals surface area contributed by atoms with Gasteiger partial charge in [0, 0.05) is 18.3 Å². The minimum Gasteiger partial charge on any atom is -0.478 e. The Labute approximate surface area is 206 Å². The van der Waals surface area contributed by atoms with Gasteiger partial charge in [-0.25, -0.2) is 4.79 Å². The van der Waals surface area contributed by atoms with E-state index in [4.69, 9.17) is 0 Å². The molecule has 0 spiro atoms. The zero-order valence-corrected chi connectivity index (χ0v) is 20.1. The maximum Gasteiger partial charge on any atom is 0.399 e. The molecule has 0 fully saturated rings. The summed E-state index contributed by atoms with van der Waals surface area (Å²) in [5.74, 6) is -4.54. The fourth-order valence-electron chi connectivity index (χ4n) is 4.15. The van der Waals surface area contributed by atoms with E-state index in [0.717, 1.165) is 17.7 Å². The molecule has 0 heterocycles. The van der Waals surface area contributed by atoms with Crippen molar-refractivity contribution >= 4 is 23.5 Å². The summed E-state index contributed by atoms with van der Waals surface area (Å²) >= 11 is 0. The molecule has 6 nitrogen and oxygen atoms in total. The number of carbonyl (C=O) groups is 3. The van der Waals surface area contributed by atoms with Crippen molar-refractivity contribution in [1.29, 1.82) is 0 Å². The Morgan fingerprint density at radius 1 is 0.806 bits per heavy atom. The van der Waals surface area contributed by atoms with Crippen LogP contribution in [0.25, 0.3) is 0 Å². The molecule has 36 heavy (non-hydrogen) atoms. The average molecular weight is 499 g/mol. The molecular weight excluding hydrogens is 473 g/mol. The first-order valence-corrected chi connectivity index (χ1v) is 11.0. The van der Waals surface area contributed by atoms with Crippen LogP contribution in [0, 0.1) is 20.8 Å². The molecular formula is C27H25F3N2O4. The van der Waals surface area contributed by atoms with Crippen molar-refractivity contribution in [2.24, 2.45) is 0 Å². The molecule has 0 aliphatic carbocycles. The van der Waals surface area contributed by atoms with E-state index in [9.17, 15) is 32.7 Å². The second kappa shape index (κ2) is 10.2. The number of alkyl halides is 3. The highest BCUT2D eigenvalue weighted by Gasteiger charge is 2.43. The van der Waals surface area contributed by atoms with E-state index in [1.165, 1.54) is 44.3 Å². The molecule has 1 atom stereocenters. The van der Waals surface area contributed by atoms with Gasteiger partial charge < -0.3 is 15.7 Å². The van der Waals surface area contributed by atoms with Gasteiger partial charge in [0.05, 0.1) is 11.1 Å². The molecule has 3 rings (SSSR count). The number of carbonyl (C=O) groups excluding carboxylic acids is 2. The Morgan fingerprint density at radius 3 is 1.94 bits per heavy atom. The van der Waals surface area contributed by atoms with Crippen LogP contribution in [0.5, 0.6) is 0 Å². The van der Waals surface area contributed by atoms with Gasteiger partial charge in [0.15, 0.2) is 0 Å². The van der Waals surface area contributed by atoms with E-state index in [-0.39, 0.29) is 33.5 Å². The van der Waals surface area contributed by atoms with E-state index in [1.54, 1.807) is 19.1 Å². The number of aryl methyl sites for hydroxylation is 3. The van der Waals surface area contributed by atoms with Gasteiger partial charge in [0.25, 0.3) is 11.8 Å². The van der Waals surface area contributed by atoms with Crippen molar-refractivity contribution < 1.29 is 32.7 Å². The molecule has 9 heteroatoms. The molecule has 0 aliphatic heterocycles. The van der Waals surface area contributed by atoms with Crippen molar-refractivity contribution in [2.45, 2.75) is 32.9 Å². The number of anilines is 1. The van der Waals surface area contributed by atoms with E-state index in [1.807, 2.05) is 6.92 Å². The van der Waals surface area contributed by atoms with Gasteiger partial charge in [0.2, 0.25) is 0 Å². The van der Waals surface area contributed by atoms with Crippen LogP contribution in [0.15, 0.2) is 54.6 Å². The number of nitrogens with one attached hydrogen (secondary N) is 2. The molecule has 3 N–H and O–H groups in total. The fourth-order valence-corrected chi connectivity index (χ4v) is 4.15. The van der Waals surface area contributed by atoms with Gasteiger partial charge in [-0.1, -0.05) is 29.8 Å². The lowest BCUT2D eigenvalue weighted by Crippen LogP contribution is -2.24. The lowest BCUT2D eigenvalue weighted by Gasteiger charge is -2.25. The summed E-state index contributed by atoms with van der Waals surface area (Å²) in [7, 11) is 1.39. The van der Waals surface area contributed by atoms with Crippen molar-refractivity contribution in [1.82, 2.24) is 5.32 Å². The Balaban J connectivity index is 1.98. The third kappa shape index (κ3) is 5.56. The van der Waals surface area contributed by atoms with Crippen molar-refractivity contribution in [3.05, 3.63) is 99.1 Å². The predicted octanol–water partition coefficient (Wildman–Crippen LogP) is 5.62. The molecule has 0 saturated carbocycles. The van der Waals surface area contributed by atoms with Gasteiger partial charge in [0.1, 0.15) is 5.92 Å². The molecule has 3 aromatic rings. The first kappa shape index (κ1) is 26.5. The molecule has 3 aromatic carbocycles. The normalized spacial score (nSPS) is 12.1. The van der Waals surface area contributed by atoms with Crippen LogP contribution < -0.4 is 10.6 Å². The number of aromatic carboxylic acids is 1. The summed E-state index contributed by atoms with van der Waals surface area (Å²) in [5, 5.41) is 14.4. The maximum atomic E-state index is 14.2. The van der Waals surface area contributed by atoms with Crippen molar-refractivity contribution in [2.75, 3.05) is 12.4 Å². The molecule has 188 valence electrons. The minimum absolute atomic E-state index is 0.0419. The molecule has 0 bridgehead atoms. The second-order valence-electron chi connectivity index (χ2n) is 8.50. The molecule has 2 amide bonds. The number of halogens is 3. The topological polar surface area (TPSA) is 95.5 Å². The van der Waals surface area contributed by atoms with Crippen LogP contribution in [-0.4, -0.2) is 36.1 Å². The maximum absolute atomic E-state index is 14.2. The van der Waals surface area contributed by atoms with Gasteiger partial charge in [-0.05, 0) is 73.4 Å². The van der Waals surface area contributed by atoms with Crippen molar-refractivity contribution in [3.63, 3.8) is 0 Å². The number of benzene rings is 3. The Morgan fingerprint density at radius 2 is 1.42 bits per heavy atom. The number of rotatable bonds is 6. The summed E-state index contributed by atoms with van der Waals surface area (Å²) in [6, 6.07) is 12.4. The summed E-state index contributed by atoms with van der Waals surface area (Å²) < 4.78 is 42.5. The van der Waals surface area contributed by atoms with Crippen LogP contribution in [0.3, 0.4) is 0 Å². The summed E-state index contributed by atoms with van der Waals surface area (Å²) in [4.78, 5) is 36.4. The van der Waals surface area contributed by atoms with Crippen LogP contribution in [0.2, 0.25) is 0 Å². The zero-order chi connectivity index (χ0) is 26.8. The predicted molar refractivity (Wildman–Crippen MR) is 130 cm³/mol. The lowest BCUT2D eigenvalue weighted by atomic mass is 9.85. The van der Waals surface area contributed by atoms with Crippen LogP contribution in [0.4, 0.5) is 18.9 Å². The summed E-state index contributed by atoms with van der Waals surface area (Å²) in [6.07, 6.45) is -4.55. The quantitative estimate of drug-likeness (QED) is 0.411. The molecule has 0 aromatic heterocycles. The SMILES string of the molecule is CNC(=O)c1ccc(C(=O)O)c(C(=O)Nc2ccc(C(c3ccc(C)cc3C)C(F)(F)F)c(C)c2)c1. The standard InChI is InChI=1S/C27H25F3N2O4/c1-14-5-8-19(15(2)11-14)23(27(28,29)30)20-10-7-18(12-16(20)3)32-25(34)22-13-17(24(33)31-4)6-9-21(22)26(35)36/h5-13,23H,1-4H3,(H,31,33)(H,32,34)(H,35,36). The van der Waals surface area contributed by atoms with E-state index < -0.39 is 29.9 Å². The third-order valence-corrected chi connectivity index (χ3v) is 5.89. The summed E-state index contributed by atoms with van der Waals surface area (Å²) in [6.45, 7) is 4.96. The minimum atomic E-state index is -4.55. The van der Waals surface area contributed by atoms with Crippen LogP contribution in [0.1, 0.15) is 64.8 Å². The highest BCUT2D eigenvalue weighted by atomic mass is 19.4. The highest BCUT2D eigenvalue weighted by molar-refractivity contribution is 6.12. The van der Waals surface area contributed by atoms with Crippen LogP contribution >= 0.6 is 0 Å². The molecule has 0 radical (unpaired) electrons. The molecule has 1 unspecified atom stereocenters. The molecule has 0 saturated heterocycles. The highest BCUT2D eigenvalue weighted by Crippen LogP contribution is 2.43. The van der Waals surface area contributed by atoms with Gasteiger partial charge in [-0.3, -0.25) is 9.59 Å². The monoisotopic (exact) mass is 498 g/mol. The number of amides is 2. The van der Waals surface area contributed by atoms with Crippen LogP contribution in [-0.2, 0) is 0 Å². The summed E-state index contributed by atoms with van der Waals surface area (Å²) in [5.41, 5.74) is 1.55. The lowest BCUT2D eigenvalue weighted by molar-refractivity contribution is -0.141. The Bertz CT molecular complexity index is 1350. The van der Waals surface area contributed by atoms with E-state index >= 15 is 0 Å². The largest absolute Gasteiger partial charge is 0.478 e. The van der Waals surface area contributed by atoms with E-state index in [0.29, 0.717) is 11.1 Å². The number of carboxylic acids is 1. The van der Waals surface area contributed by atoms with E-state index in [2.05, 4.69) is 10.6 Å². The van der Waals surface area contributed by atoms with Gasteiger partial charge >= 0.3 is 12.1 Å².